The lowest BCUT2D eigenvalue weighted by Gasteiger charge is -2.02. The van der Waals surface area contributed by atoms with Crippen LogP contribution in [0.3, 0.4) is 0 Å². The van der Waals surface area contributed by atoms with Crippen molar-refractivity contribution >= 4 is 12.0 Å². The Kier molecular flexibility index (Phi) is 7.34. The standard InChI is InChI=1S/C14H17NO6/c16-13-7-4-12(5-8-13)6-9-14(17)20-10-2-1-3-11-21-15(18)19/h4-9,16H,1-3,10-11H2. The van der Waals surface area contributed by atoms with Crippen LogP contribution >= 0.6 is 0 Å². The van der Waals surface area contributed by atoms with Crippen LogP contribution in [0.25, 0.3) is 6.08 Å². The van der Waals surface area contributed by atoms with Crippen molar-refractivity contribution in [1.29, 1.82) is 0 Å². The molecule has 0 spiro atoms. The van der Waals surface area contributed by atoms with E-state index in [-0.39, 0.29) is 19.0 Å². The zero-order valence-electron chi connectivity index (χ0n) is 11.4. The van der Waals surface area contributed by atoms with Gasteiger partial charge in [-0.25, -0.2) is 4.79 Å². The molecule has 0 heterocycles. The second-order valence-corrected chi connectivity index (χ2v) is 4.21. The molecule has 0 aliphatic heterocycles. The van der Waals surface area contributed by atoms with Gasteiger partial charge in [0.2, 0.25) is 0 Å². The molecule has 1 N–H and O–H groups in total. The molecule has 0 aromatic heterocycles. The Labute approximate surface area is 121 Å². The molecule has 1 aromatic rings. The van der Waals surface area contributed by atoms with Gasteiger partial charge in [0.15, 0.2) is 0 Å². The Balaban J connectivity index is 2.11. The van der Waals surface area contributed by atoms with Crippen molar-refractivity contribution in [3.05, 3.63) is 46.0 Å². The van der Waals surface area contributed by atoms with Crippen molar-refractivity contribution in [2.75, 3.05) is 13.2 Å². The first-order chi connectivity index (χ1) is 10.1. The number of unbranched alkanes of at least 4 members (excludes halogenated alkanes) is 2. The number of hydrogen-bond acceptors (Lipinski definition) is 6. The Morgan fingerprint density at radius 3 is 2.52 bits per heavy atom. The van der Waals surface area contributed by atoms with Gasteiger partial charge in [-0.1, -0.05) is 12.1 Å². The van der Waals surface area contributed by atoms with E-state index in [0.717, 1.165) is 5.56 Å². The lowest BCUT2D eigenvalue weighted by molar-refractivity contribution is -0.757. The van der Waals surface area contributed by atoms with Crippen LogP contribution in [0, 0.1) is 10.1 Å². The van der Waals surface area contributed by atoms with Gasteiger partial charge in [-0.3, -0.25) is 0 Å². The lowest BCUT2D eigenvalue weighted by Crippen LogP contribution is -2.04. The van der Waals surface area contributed by atoms with Crippen LogP contribution in [0.2, 0.25) is 0 Å². The van der Waals surface area contributed by atoms with Crippen molar-refractivity contribution < 1.29 is 24.6 Å². The Hall–Kier alpha value is -2.57. The van der Waals surface area contributed by atoms with Crippen LogP contribution < -0.4 is 0 Å². The number of ether oxygens (including phenoxy) is 1. The van der Waals surface area contributed by atoms with Crippen molar-refractivity contribution in [3.8, 4) is 5.75 Å². The van der Waals surface area contributed by atoms with Gasteiger partial charge in [0.25, 0.3) is 5.09 Å². The van der Waals surface area contributed by atoms with Crippen LogP contribution in [0.1, 0.15) is 24.8 Å². The van der Waals surface area contributed by atoms with E-state index in [2.05, 4.69) is 4.84 Å². The Morgan fingerprint density at radius 1 is 1.19 bits per heavy atom. The number of esters is 1. The van der Waals surface area contributed by atoms with Gasteiger partial charge in [-0.15, -0.1) is 10.1 Å². The van der Waals surface area contributed by atoms with Crippen molar-refractivity contribution in [1.82, 2.24) is 0 Å². The van der Waals surface area contributed by atoms with E-state index in [0.29, 0.717) is 19.3 Å². The van der Waals surface area contributed by atoms with E-state index in [4.69, 9.17) is 9.84 Å². The third-order valence-corrected chi connectivity index (χ3v) is 2.53. The molecule has 1 rings (SSSR count). The lowest BCUT2D eigenvalue weighted by atomic mass is 10.2. The molecule has 114 valence electrons. The summed E-state index contributed by atoms with van der Waals surface area (Å²) >= 11 is 0. The summed E-state index contributed by atoms with van der Waals surface area (Å²) in [5, 5.41) is 18.2. The molecule has 0 saturated heterocycles. The number of aromatic hydroxyl groups is 1. The first-order valence-electron chi connectivity index (χ1n) is 6.49. The highest BCUT2D eigenvalue weighted by molar-refractivity contribution is 5.87. The molecule has 0 atom stereocenters. The largest absolute Gasteiger partial charge is 0.508 e. The summed E-state index contributed by atoms with van der Waals surface area (Å²) in [5.41, 5.74) is 0.779. The van der Waals surface area contributed by atoms with Crippen molar-refractivity contribution in [3.63, 3.8) is 0 Å². The van der Waals surface area contributed by atoms with Gasteiger partial charge < -0.3 is 14.7 Å². The highest BCUT2D eigenvalue weighted by atomic mass is 16.9. The maximum Gasteiger partial charge on any atom is 0.330 e. The Bertz CT molecular complexity index is 483. The van der Waals surface area contributed by atoms with E-state index >= 15 is 0 Å². The topological polar surface area (TPSA) is 98.9 Å². The molecule has 0 fully saturated rings. The normalized spacial score (nSPS) is 10.5. The molecule has 7 heteroatoms. The summed E-state index contributed by atoms with van der Waals surface area (Å²) in [4.78, 5) is 25.4. The van der Waals surface area contributed by atoms with E-state index in [1.54, 1.807) is 18.2 Å². The average Bonchev–Trinajstić information content (AvgIpc) is 2.45. The zero-order chi connectivity index (χ0) is 15.5. The maximum absolute atomic E-state index is 11.4. The van der Waals surface area contributed by atoms with Gasteiger partial charge in [-0.05, 0) is 43.0 Å². The van der Waals surface area contributed by atoms with Crippen LogP contribution in [-0.2, 0) is 14.4 Å². The smallest absolute Gasteiger partial charge is 0.330 e. The molecular weight excluding hydrogens is 278 g/mol. The molecule has 21 heavy (non-hydrogen) atoms. The first kappa shape index (κ1) is 16.5. The van der Waals surface area contributed by atoms with Gasteiger partial charge in [0.05, 0.1) is 13.2 Å². The number of hydrogen-bond donors (Lipinski definition) is 1. The van der Waals surface area contributed by atoms with E-state index in [9.17, 15) is 14.9 Å². The van der Waals surface area contributed by atoms with Gasteiger partial charge >= 0.3 is 5.97 Å². The fraction of sp³-hybridized carbons (Fsp3) is 0.357. The number of benzene rings is 1. The van der Waals surface area contributed by atoms with Crippen molar-refractivity contribution in [2.24, 2.45) is 0 Å². The van der Waals surface area contributed by atoms with Crippen LogP contribution in [-0.4, -0.2) is 29.4 Å². The van der Waals surface area contributed by atoms with Gasteiger partial charge in [0, 0.05) is 6.08 Å². The van der Waals surface area contributed by atoms with E-state index in [1.807, 2.05) is 0 Å². The van der Waals surface area contributed by atoms with E-state index < -0.39 is 11.1 Å². The first-order valence-corrected chi connectivity index (χ1v) is 6.49. The van der Waals surface area contributed by atoms with E-state index in [1.165, 1.54) is 18.2 Å². The molecule has 0 unspecified atom stereocenters. The Morgan fingerprint density at radius 2 is 1.86 bits per heavy atom. The fourth-order valence-corrected chi connectivity index (χ4v) is 1.49. The second kappa shape index (κ2) is 9.35. The predicted octanol–water partition coefficient (Wildman–Crippen LogP) is 2.33. The fourth-order valence-electron chi connectivity index (χ4n) is 1.49. The van der Waals surface area contributed by atoms with Gasteiger partial charge in [0.1, 0.15) is 5.75 Å². The quantitative estimate of drug-likeness (QED) is 0.247. The monoisotopic (exact) mass is 295 g/mol. The predicted molar refractivity (Wildman–Crippen MR) is 74.9 cm³/mol. The maximum atomic E-state index is 11.4. The number of phenols is 1. The molecule has 0 amide bonds. The summed E-state index contributed by atoms with van der Waals surface area (Å²) < 4.78 is 4.97. The molecular formula is C14H17NO6. The summed E-state index contributed by atoms with van der Waals surface area (Å²) in [6, 6.07) is 6.40. The summed E-state index contributed by atoms with van der Waals surface area (Å²) in [5.74, 6) is -0.291. The van der Waals surface area contributed by atoms with Crippen LogP contribution in [0.15, 0.2) is 30.3 Å². The van der Waals surface area contributed by atoms with Crippen LogP contribution in [0.5, 0.6) is 5.75 Å². The van der Waals surface area contributed by atoms with Gasteiger partial charge in [-0.2, -0.15) is 0 Å². The third kappa shape index (κ3) is 8.25. The molecule has 1 aromatic carbocycles. The summed E-state index contributed by atoms with van der Waals surface area (Å²) in [7, 11) is 0. The highest BCUT2D eigenvalue weighted by Gasteiger charge is 1.98. The minimum atomic E-state index is -0.825. The minimum absolute atomic E-state index is 0.0572. The number of rotatable bonds is 9. The zero-order valence-corrected chi connectivity index (χ0v) is 11.4. The molecule has 0 aliphatic rings. The molecule has 0 aliphatic carbocycles. The number of carbonyl (C=O) groups is 1. The molecule has 7 nitrogen and oxygen atoms in total. The van der Waals surface area contributed by atoms with Crippen LogP contribution in [0.4, 0.5) is 0 Å². The van der Waals surface area contributed by atoms with Crippen molar-refractivity contribution in [2.45, 2.75) is 19.3 Å². The average molecular weight is 295 g/mol. The SMILES string of the molecule is O=C(C=Cc1ccc(O)cc1)OCCCCCO[N+](=O)[O-]. The third-order valence-electron chi connectivity index (χ3n) is 2.53. The number of phenolic OH excluding ortho intramolecular Hbond substituents is 1. The minimum Gasteiger partial charge on any atom is -0.508 e. The highest BCUT2D eigenvalue weighted by Crippen LogP contribution is 2.10. The molecule has 0 saturated carbocycles. The number of carbonyl (C=O) groups excluding carboxylic acids is 1. The second-order valence-electron chi connectivity index (χ2n) is 4.21. The molecule has 0 bridgehead atoms. The summed E-state index contributed by atoms with van der Waals surface area (Å²) in [6.07, 6.45) is 4.75. The summed E-state index contributed by atoms with van der Waals surface area (Å²) in [6.45, 7) is 0.318. The molecule has 0 radical (unpaired) electrons. The number of nitrogens with zero attached hydrogens (tertiary/aromatic N) is 1.